The van der Waals surface area contributed by atoms with Crippen LogP contribution in [0.25, 0.3) is 22.5 Å². The van der Waals surface area contributed by atoms with Gasteiger partial charge in [0.05, 0.1) is 24.9 Å². The number of alkyl halides is 1. The van der Waals surface area contributed by atoms with E-state index in [4.69, 9.17) is 10.00 Å². The van der Waals surface area contributed by atoms with E-state index in [-0.39, 0.29) is 29.2 Å². The molecule has 8 nitrogen and oxygen atoms in total. The van der Waals surface area contributed by atoms with Gasteiger partial charge in [-0.25, -0.2) is 14.4 Å². The number of rotatable bonds is 6. The van der Waals surface area contributed by atoms with Gasteiger partial charge in [-0.2, -0.15) is 5.26 Å². The maximum atomic E-state index is 14.9. The van der Waals surface area contributed by atoms with E-state index in [0.29, 0.717) is 28.3 Å². The van der Waals surface area contributed by atoms with Crippen molar-refractivity contribution in [3.63, 3.8) is 0 Å². The molecule has 2 heterocycles. The Morgan fingerprint density at radius 2 is 2.00 bits per heavy atom. The summed E-state index contributed by atoms with van der Waals surface area (Å²) in [4.78, 5) is 10.3. The molecule has 2 aromatic heterocycles. The molecule has 176 valence electrons. The Kier molecular flexibility index (Phi) is 6.87. The summed E-state index contributed by atoms with van der Waals surface area (Å²) in [6.45, 7) is 2.03. The molecule has 0 unspecified atom stereocenters. The van der Waals surface area contributed by atoms with E-state index >= 15 is 0 Å². The van der Waals surface area contributed by atoms with Crippen molar-refractivity contribution in [2.75, 3.05) is 19.1 Å². The lowest BCUT2D eigenvalue weighted by Crippen LogP contribution is -2.45. The van der Waals surface area contributed by atoms with Crippen molar-refractivity contribution in [3.8, 4) is 40.1 Å². The lowest BCUT2D eigenvalue weighted by molar-refractivity contribution is 0.134. The maximum absolute atomic E-state index is 14.9. The van der Waals surface area contributed by atoms with Gasteiger partial charge in [0, 0.05) is 18.8 Å². The van der Waals surface area contributed by atoms with Crippen LogP contribution in [0, 0.1) is 17.2 Å². The lowest BCUT2D eigenvalue weighted by Gasteiger charge is -2.38. The predicted octanol–water partition coefficient (Wildman–Crippen LogP) is 4.54. The molecule has 3 atom stereocenters. The number of benzene rings is 1. The molecule has 1 aromatic carbocycles. The number of hydrogen-bond acceptors (Lipinski definition) is 8. The van der Waals surface area contributed by atoms with E-state index in [1.807, 2.05) is 24.9 Å². The van der Waals surface area contributed by atoms with Crippen molar-refractivity contribution >= 4 is 5.82 Å². The lowest BCUT2D eigenvalue weighted by atomic mass is 9.82. The number of nitriles is 1. The second kappa shape index (κ2) is 10.00. The summed E-state index contributed by atoms with van der Waals surface area (Å²) in [5.41, 5.74) is 1.99. The summed E-state index contributed by atoms with van der Waals surface area (Å²) in [5.74, 6) is 1.17. The van der Waals surface area contributed by atoms with E-state index in [0.717, 1.165) is 25.7 Å². The van der Waals surface area contributed by atoms with Crippen molar-refractivity contribution < 1.29 is 14.2 Å². The van der Waals surface area contributed by atoms with Gasteiger partial charge in [0.2, 0.25) is 0 Å². The minimum atomic E-state index is -0.905. The molecule has 0 saturated heterocycles. The minimum absolute atomic E-state index is 0.0226. The highest BCUT2D eigenvalue weighted by Crippen LogP contribution is 2.35. The maximum Gasteiger partial charge on any atom is 0.185 e. The molecular weight excluding hydrogens is 435 g/mol. The van der Waals surface area contributed by atoms with Crippen LogP contribution < -0.4 is 9.64 Å². The zero-order valence-corrected chi connectivity index (χ0v) is 19.4. The highest BCUT2D eigenvalue weighted by atomic mass is 19.1. The molecule has 0 spiro atoms. The molecule has 1 fully saturated rings. The van der Waals surface area contributed by atoms with E-state index in [9.17, 15) is 9.50 Å². The fourth-order valence-corrected chi connectivity index (χ4v) is 4.52. The van der Waals surface area contributed by atoms with Crippen molar-refractivity contribution in [3.05, 3.63) is 42.4 Å². The van der Waals surface area contributed by atoms with Crippen molar-refractivity contribution in [2.45, 2.75) is 44.8 Å². The zero-order valence-electron chi connectivity index (χ0n) is 19.4. The molecule has 3 aromatic rings. The van der Waals surface area contributed by atoms with Crippen LogP contribution in [0.1, 0.15) is 38.3 Å². The highest BCUT2D eigenvalue weighted by molar-refractivity contribution is 5.73. The average Bonchev–Trinajstić information content (AvgIpc) is 2.88. The smallest absolute Gasteiger partial charge is 0.185 e. The van der Waals surface area contributed by atoms with E-state index in [1.54, 1.807) is 36.7 Å². The number of phenols is 1. The number of aromatic hydroxyl groups is 1. The third kappa shape index (κ3) is 4.49. The molecule has 34 heavy (non-hydrogen) atoms. The van der Waals surface area contributed by atoms with Crippen LogP contribution in [0.2, 0.25) is 0 Å². The fraction of sp³-hybridized carbons (Fsp3) is 0.400. The van der Waals surface area contributed by atoms with Gasteiger partial charge < -0.3 is 14.7 Å². The second-order valence-corrected chi connectivity index (χ2v) is 8.48. The Morgan fingerprint density at radius 3 is 2.65 bits per heavy atom. The monoisotopic (exact) mass is 462 g/mol. The van der Waals surface area contributed by atoms with Crippen LogP contribution >= 0.6 is 0 Å². The summed E-state index contributed by atoms with van der Waals surface area (Å²) >= 11 is 0. The third-order valence-corrected chi connectivity index (χ3v) is 6.58. The van der Waals surface area contributed by atoms with Gasteiger partial charge in [-0.05, 0) is 42.5 Å². The van der Waals surface area contributed by atoms with Crippen molar-refractivity contribution in [1.82, 2.24) is 20.2 Å². The van der Waals surface area contributed by atoms with E-state index < -0.39 is 6.17 Å². The molecule has 1 aliphatic rings. The van der Waals surface area contributed by atoms with Gasteiger partial charge in [0.15, 0.2) is 23.1 Å². The summed E-state index contributed by atoms with van der Waals surface area (Å²) in [7, 11) is 3.30. The summed E-state index contributed by atoms with van der Waals surface area (Å²) < 4.78 is 20.2. The molecule has 0 bridgehead atoms. The highest BCUT2D eigenvalue weighted by Gasteiger charge is 2.35. The summed E-state index contributed by atoms with van der Waals surface area (Å²) in [6, 6.07) is 8.48. The number of halogens is 1. The van der Waals surface area contributed by atoms with E-state index in [1.165, 1.54) is 7.11 Å². The summed E-state index contributed by atoms with van der Waals surface area (Å²) in [6.07, 6.45) is 5.72. The van der Waals surface area contributed by atoms with Crippen molar-refractivity contribution in [1.29, 1.82) is 5.26 Å². The molecular formula is C25H27FN6O2. The second-order valence-electron chi connectivity index (χ2n) is 8.48. The molecule has 0 radical (unpaired) electrons. The SMILES string of the molecule is CC[C@@H]1CCC[C@H](N(C)c2cnc(-c3ccc(-c4cnc(C#N)c(OC)c4)cc3O)nn2)[C@@H]1F. The van der Waals surface area contributed by atoms with Gasteiger partial charge in [-0.1, -0.05) is 25.8 Å². The first-order chi connectivity index (χ1) is 16.5. The van der Waals surface area contributed by atoms with Crippen molar-refractivity contribution in [2.24, 2.45) is 5.92 Å². The molecule has 0 aliphatic heterocycles. The zero-order chi connectivity index (χ0) is 24.2. The van der Waals surface area contributed by atoms with Crippen LogP contribution in [0.5, 0.6) is 11.5 Å². The van der Waals surface area contributed by atoms with Gasteiger partial charge in [0.25, 0.3) is 0 Å². The Bertz CT molecular complexity index is 1200. The van der Waals surface area contributed by atoms with E-state index in [2.05, 4.69) is 20.2 Å². The topological polar surface area (TPSA) is 108 Å². The molecule has 4 rings (SSSR count). The van der Waals surface area contributed by atoms with Gasteiger partial charge in [0.1, 0.15) is 18.0 Å². The number of nitrogens with zero attached hydrogens (tertiary/aromatic N) is 6. The number of hydrogen-bond donors (Lipinski definition) is 1. The average molecular weight is 463 g/mol. The van der Waals surface area contributed by atoms with Gasteiger partial charge in [-0.3, -0.25) is 0 Å². The van der Waals surface area contributed by atoms with Crippen LogP contribution in [0.15, 0.2) is 36.7 Å². The number of anilines is 1. The Balaban J connectivity index is 1.55. The number of ether oxygens (including phenoxy) is 1. The number of pyridine rings is 1. The van der Waals surface area contributed by atoms with Gasteiger partial charge >= 0.3 is 0 Å². The summed E-state index contributed by atoms with van der Waals surface area (Å²) in [5, 5.41) is 28.2. The van der Waals surface area contributed by atoms with Crippen LogP contribution in [-0.2, 0) is 0 Å². The normalized spacial score (nSPS) is 19.9. The molecule has 1 saturated carbocycles. The van der Waals surface area contributed by atoms with Crippen LogP contribution in [0.3, 0.4) is 0 Å². The minimum Gasteiger partial charge on any atom is -0.507 e. The number of methoxy groups -OCH3 is 1. The standard InChI is InChI=1S/C25H27FN6O2/c1-4-15-6-5-7-20(24(15)26)32(2)23-14-29-25(31-30-23)18-9-8-16(10-21(18)33)17-11-22(34-3)19(12-27)28-13-17/h8-11,13-15,20,24,33H,4-7H2,1-3H3/t15-,20+,24-/m1/s1. The first kappa shape index (κ1) is 23.4. The first-order valence-electron chi connectivity index (χ1n) is 11.3. The molecule has 0 amide bonds. The molecule has 1 N–H and O–H groups in total. The number of aromatic nitrogens is 4. The largest absolute Gasteiger partial charge is 0.507 e. The molecule has 1 aliphatic carbocycles. The predicted molar refractivity (Wildman–Crippen MR) is 126 cm³/mol. The van der Waals surface area contributed by atoms with Gasteiger partial charge in [-0.15, -0.1) is 10.2 Å². The number of phenolic OH excluding ortho intramolecular Hbond substituents is 1. The third-order valence-electron chi connectivity index (χ3n) is 6.58. The fourth-order valence-electron chi connectivity index (χ4n) is 4.52. The molecule has 9 heteroatoms. The van der Waals surface area contributed by atoms with Crippen LogP contribution in [0.4, 0.5) is 10.2 Å². The Morgan fingerprint density at radius 1 is 1.18 bits per heavy atom. The Labute approximate surface area is 198 Å². The van der Waals surface area contributed by atoms with Crippen LogP contribution in [-0.4, -0.2) is 51.6 Å². The first-order valence-corrected chi connectivity index (χ1v) is 11.3. The Hall–Kier alpha value is -3.80. The quantitative estimate of drug-likeness (QED) is 0.569.